The van der Waals surface area contributed by atoms with Crippen LogP contribution in [0.25, 0.3) is 136 Å². The van der Waals surface area contributed by atoms with E-state index in [1.54, 1.807) is 17.4 Å². The van der Waals surface area contributed by atoms with Gasteiger partial charge in [0.1, 0.15) is 33.2 Å². The molecule has 8 heterocycles. The Kier molecular flexibility index (Phi) is 11.1. The van der Waals surface area contributed by atoms with Crippen molar-refractivity contribution < 1.29 is 8.83 Å². The number of H-pyrrole nitrogens is 1. The molecule has 0 atom stereocenters. The summed E-state index contributed by atoms with van der Waals surface area (Å²) in [6.07, 6.45) is 0. The van der Waals surface area contributed by atoms with E-state index in [1.165, 1.54) is 40.5 Å². The standard InChI is InChI=1S/C32H19N3OS.C16H11ClN2.C16H9NOS/c1-3-11-20(12-4-1)24-19-27(34-32(33-24)21-13-5-2-6-14-21)35-25-17-9-7-15-22(25)30-28(35)29-31(37-30)23-16-8-10-18-26(23)36-29;17-15-11-14(12-7-3-1-4-8-12)18-16(19-15)13-9-5-2-6-10-13;1-3-7-11-9(5-1)15-13(17-11)14-16(19-15)10-6-2-4-8-12(10)18-14/h1-19H;1-11H;1-8,17H. The minimum Gasteiger partial charge on any atom is -0.453 e. The first-order valence-electron chi connectivity index (χ1n) is 24.4. The number of para-hydroxylation sites is 4. The van der Waals surface area contributed by atoms with Crippen LogP contribution in [0.5, 0.6) is 0 Å². The van der Waals surface area contributed by atoms with Crippen LogP contribution in [-0.2, 0) is 0 Å². The topological polar surface area (TPSA) is 98.6 Å². The summed E-state index contributed by atoms with van der Waals surface area (Å²) in [7, 11) is 0. The highest BCUT2D eigenvalue weighted by atomic mass is 35.5. The predicted octanol–water partition coefficient (Wildman–Crippen LogP) is 18.6. The molecule has 0 amide bonds. The van der Waals surface area contributed by atoms with E-state index in [-0.39, 0.29) is 0 Å². The molecule has 0 saturated heterocycles. The van der Waals surface area contributed by atoms with Gasteiger partial charge in [0, 0.05) is 61.4 Å². The normalized spacial score (nSPS) is 11.5. The van der Waals surface area contributed by atoms with Crippen LogP contribution < -0.4 is 0 Å². The summed E-state index contributed by atoms with van der Waals surface area (Å²) < 4.78 is 19.6. The van der Waals surface area contributed by atoms with E-state index in [1.807, 2.05) is 133 Å². The lowest BCUT2D eigenvalue weighted by molar-refractivity contribution is 0.671. The molecule has 8 aromatic heterocycles. The number of benzene rings is 8. The third-order valence-corrected chi connectivity index (χ3v) is 15.9. The lowest BCUT2D eigenvalue weighted by Gasteiger charge is -2.11. The molecule has 0 radical (unpaired) electrons. The van der Waals surface area contributed by atoms with Gasteiger partial charge in [0.25, 0.3) is 0 Å². The van der Waals surface area contributed by atoms with Crippen molar-refractivity contribution in [2.24, 2.45) is 0 Å². The van der Waals surface area contributed by atoms with E-state index < -0.39 is 0 Å². The monoisotopic (exact) mass is 1020 g/mol. The van der Waals surface area contributed by atoms with E-state index in [0.717, 1.165) is 83.7 Å². The molecule has 75 heavy (non-hydrogen) atoms. The van der Waals surface area contributed by atoms with Crippen molar-refractivity contribution in [3.63, 3.8) is 0 Å². The summed E-state index contributed by atoms with van der Waals surface area (Å²) in [6, 6.07) is 77.5. The Labute approximate surface area is 441 Å². The number of aromatic nitrogens is 6. The Hall–Kier alpha value is -9.19. The average Bonchev–Trinajstić information content (AvgIpc) is 4.35. The largest absolute Gasteiger partial charge is 0.453 e. The quantitative estimate of drug-likeness (QED) is 0.172. The number of nitrogens with zero attached hydrogens (tertiary/aromatic N) is 5. The number of halogens is 1. The summed E-state index contributed by atoms with van der Waals surface area (Å²) in [6.45, 7) is 0. The number of aromatic amines is 1. The van der Waals surface area contributed by atoms with Crippen LogP contribution in [0, 0.1) is 0 Å². The first-order valence-corrected chi connectivity index (χ1v) is 26.4. The Morgan fingerprint density at radius 1 is 0.400 bits per heavy atom. The van der Waals surface area contributed by atoms with E-state index in [4.69, 9.17) is 30.4 Å². The Balaban J connectivity index is 0.000000114. The molecule has 8 nitrogen and oxygen atoms in total. The maximum atomic E-state index is 6.47. The molecule has 0 fully saturated rings. The molecule has 0 spiro atoms. The lowest BCUT2D eigenvalue weighted by Crippen LogP contribution is -2.02. The van der Waals surface area contributed by atoms with Gasteiger partial charge in [-0.25, -0.2) is 19.9 Å². The van der Waals surface area contributed by atoms with Crippen molar-refractivity contribution in [3.05, 3.63) is 236 Å². The van der Waals surface area contributed by atoms with Crippen LogP contribution in [0.1, 0.15) is 0 Å². The molecule has 0 aliphatic carbocycles. The maximum Gasteiger partial charge on any atom is 0.170 e. The fourth-order valence-corrected chi connectivity index (χ4v) is 12.5. The van der Waals surface area contributed by atoms with Crippen LogP contribution >= 0.6 is 34.3 Å². The second kappa shape index (κ2) is 18.7. The SMILES string of the molecule is Clc1cc(-c2ccccc2)nc(-c2ccccc2)n1.c1ccc(-c2cc(-n3c4ccccc4c4sc5c6ccccc6oc5c43)nc(-c3ccccc3)n2)cc1.c1ccc2c(c1)[nH]c1c3oc4ccccc4c3sc21. The summed E-state index contributed by atoms with van der Waals surface area (Å²) in [4.78, 5) is 22.5. The van der Waals surface area contributed by atoms with Gasteiger partial charge in [-0.1, -0.05) is 194 Å². The first-order chi connectivity index (χ1) is 37.1. The molecule has 0 saturated carbocycles. The summed E-state index contributed by atoms with van der Waals surface area (Å²) >= 11 is 9.69. The molecule has 356 valence electrons. The maximum absolute atomic E-state index is 6.47. The van der Waals surface area contributed by atoms with Crippen molar-refractivity contribution >= 4 is 119 Å². The second-order valence-electron chi connectivity index (χ2n) is 17.9. The highest BCUT2D eigenvalue weighted by Crippen LogP contribution is 2.47. The van der Waals surface area contributed by atoms with Crippen molar-refractivity contribution in [3.8, 4) is 51.1 Å². The van der Waals surface area contributed by atoms with E-state index in [0.29, 0.717) is 16.8 Å². The van der Waals surface area contributed by atoms with E-state index >= 15 is 0 Å². The predicted molar refractivity (Wildman–Crippen MR) is 311 cm³/mol. The molecule has 0 bridgehead atoms. The molecule has 16 aromatic rings. The van der Waals surface area contributed by atoms with Crippen molar-refractivity contribution in [2.75, 3.05) is 0 Å². The number of hydrogen-bond donors (Lipinski definition) is 1. The summed E-state index contributed by atoms with van der Waals surface area (Å²) in [5.41, 5.74) is 13.9. The highest BCUT2D eigenvalue weighted by Gasteiger charge is 2.24. The Bertz CT molecular complexity index is 4530. The molecule has 11 heteroatoms. The lowest BCUT2D eigenvalue weighted by atomic mass is 10.1. The Morgan fingerprint density at radius 2 is 0.867 bits per heavy atom. The number of nitrogens with one attached hydrogen (secondary N) is 1. The van der Waals surface area contributed by atoms with Gasteiger partial charge in [-0.3, -0.25) is 4.57 Å². The number of furan rings is 2. The zero-order valence-corrected chi connectivity index (χ0v) is 42.1. The van der Waals surface area contributed by atoms with Gasteiger partial charge in [-0.05, 0) is 36.4 Å². The molecule has 8 aromatic carbocycles. The zero-order valence-electron chi connectivity index (χ0n) is 39.7. The van der Waals surface area contributed by atoms with Gasteiger partial charge in [0.05, 0.1) is 35.7 Å². The minimum absolute atomic E-state index is 0.452. The van der Waals surface area contributed by atoms with Crippen molar-refractivity contribution in [1.29, 1.82) is 0 Å². The summed E-state index contributed by atoms with van der Waals surface area (Å²) in [5.74, 6) is 2.16. The van der Waals surface area contributed by atoms with Crippen molar-refractivity contribution in [1.82, 2.24) is 29.5 Å². The highest BCUT2D eigenvalue weighted by molar-refractivity contribution is 7.28. The molecular weight excluding hydrogens is 984 g/mol. The van der Waals surface area contributed by atoms with Gasteiger partial charge >= 0.3 is 0 Å². The van der Waals surface area contributed by atoms with Crippen LogP contribution in [0.15, 0.2) is 239 Å². The zero-order chi connectivity index (χ0) is 49.8. The van der Waals surface area contributed by atoms with Crippen LogP contribution in [0.3, 0.4) is 0 Å². The minimum atomic E-state index is 0.452. The van der Waals surface area contributed by atoms with Crippen LogP contribution in [0.4, 0.5) is 0 Å². The van der Waals surface area contributed by atoms with Gasteiger partial charge in [-0.15, -0.1) is 22.7 Å². The second-order valence-corrected chi connectivity index (χ2v) is 20.3. The molecular formula is C64H39ClN6O2S2. The number of hydrogen-bond acceptors (Lipinski definition) is 8. The third kappa shape index (κ3) is 8.00. The average molecular weight is 1020 g/mol. The number of rotatable bonds is 5. The molecule has 0 aliphatic rings. The van der Waals surface area contributed by atoms with Gasteiger partial charge in [0.15, 0.2) is 22.8 Å². The molecule has 16 rings (SSSR count). The van der Waals surface area contributed by atoms with E-state index in [2.05, 4.69) is 123 Å². The molecule has 1 N–H and O–H groups in total. The van der Waals surface area contributed by atoms with Gasteiger partial charge in [0.2, 0.25) is 0 Å². The Morgan fingerprint density at radius 3 is 1.49 bits per heavy atom. The van der Waals surface area contributed by atoms with E-state index in [9.17, 15) is 0 Å². The molecule has 0 unspecified atom stereocenters. The van der Waals surface area contributed by atoms with Gasteiger partial charge < -0.3 is 13.8 Å². The van der Waals surface area contributed by atoms with Gasteiger partial charge in [-0.2, -0.15) is 0 Å². The third-order valence-electron chi connectivity index (χ3n) is 13.3. The van der Waals surface area contributed by atoms with Crippen LogP contribution in [0.2, 0.25) is 5.15 Å². The van der Waals surface area contributed by atoms with Crippen LogP contribution in [-0.4, -0.2) is 29.5 Å². The summed E-state index contributed by atoms with van der Waals surface area (Å²) in [5, 5.41) is 5.27. The van der Waals surface area contributed by atoms with Crippen molar-refractivity contribution in [2.45, 2.75) is 0 Å². The fourth-order valence-electron chi connectivity index (χ4n) is 9.82. The smallest absolute Gasteiger partial charge is 0.170 e. The fraction of sp³-hybridized carbons (Fsp3) is 0. The number of thiophene rings is 2. The number of fused-ring (bicyclic) bond motifs is 14. The molecule has 0 aliphatic heterocycles. The first kappa shape index (κ1) is 44.5.